The number of hydrogen-bond donors (Lipinski definition) is 0. The Morgan fingerprint density at radius 1 is 1.21 bits per heavy atom. The quantitative estimate of drug-likeness (QED) is 0.461. The fourth-order valence-corrected chi connectivity index (χ4v) is 1.48. The smallest absolute Gasteiger partial charge is 0.0622 e. The molecule has 86 valence electrons. The Labute approximate surface area is 94.2 Å². The molecule has 0 amide bonds. The van der Waals surface area contributed by atoms with Crippen molar-refractivity contribution in [1.82, 2.24) is 0 Å². The molecule has 2 heteroatoms. The van der Waals surface area contributed by atoms with E-state index in [0.29, 0.717) is 11.3 Å². The largest absolute Gasteiger partial charge is 0.379 e. The van der Waals surface area contributed by atoms with Gasteiger partial charge in [-0.25, -0.2) is 0 Å². The first kappa shape index (κ1) is 14.2. The lowest BCUT2D eigenvalue weighted by atomic mass is 9.98. The maximum absolute atomic E-state index is 6.17. The maximum Gasteiger partial charge on any atom is 0.0622 e. The van der Waals surface area contributed by atoms with Gasteiger partial charge in [0, 0.05) is 12.5 Å². The van der Waals surface area contributed by atoms with Crippen LogP contribution in [0.3, 0.4) is 0 Å². The number of halogens is 1. The number of unbranched alkanes of at least 4 members (excludes halogenated alkanes) is 1. The van der Waals surface area contributed by atoms with Crippen LogP contribution in [-0.4, -0.2) is 18.1 Å². The fourth-order valence-electron chi connectivity index (χ4n) is 1.33. The minimum atomic E-state index is 0.0274. The van der Waals surface area contributed by atoms with Crippen LogP contribution in [0.5, 0.6) is 0 Å². The van der Waals surface area contributed by atoms with Crippen molar-refractivity contribution >= 4 is 11.6 Å². The normalized spacial score (nSPS) is 14.8. The second-order valence-electron chi connectivity index (χ2n) is 4.97. The highest BCUT2D eigenvalue weighted by Gasteiger charge is 2.16. The first-order valence-electron chi connectivity index (χ1n) is 5.58. The van der Waals surface area contributed by atoms with E-state index in [2.05, 4.69) is 27.7 Å². The number of ether oxygens (including phenoxy) is 1. The Morgan fingerprint density at radius 3 is 2.21 bits per heavy atom. The summed E-state index contributed by atoms with van der Waals surface area (Å²) in [6.45, 7) is 8.62. The molecule has 0 aromatic rings. The molecule has 0 heterocycles. The van der Waals surface area contributed by atoms with E-state index in [1.807, 2.05) is 0 Å². The van der Waals surface area contributed by atoms with Gasteiger partial charge in [-0.15, -0.1) is 11.6 Å². The molecule has 0 aliphatic heterocycles. The van der Waals surface area contributed by atoms with Gasteiger partial charge in [-0.05, 0) is 32.6 Å². The second kappa shape index (κ2) is 6.68. The van der Waals surface area contributed by atoms with E-state index in [1.165, 1.54) is 12.8 Å². The second-order valence-corrected chi connectivity index (χ2v) is 5.53. The summed E-state index contributed by atoms with van der Waals surface area (Å²) in [5.41, 5.74) is 0.0274. The summed E-state index contributed by atoms with van der Waals surface area (Å²) >= 11 is 6.17. The predicted octanol–water partition coefficient (Wildman–Crippen LogP) is 4.24. The Balaban J connectivity index is 3.47. The summed E-state index contributed by atoms with van der Waals surface area (Å²) in [5, 5.41) is 0.334. The van der Waals surface area contributed by atoms with Gasteiger partial charge in [-0.1, -0.05) is 26.7 Å². The maximum atomic E-state index is 6.17. The Bertz CT molecular complexity index is 143. The lowest BCUT2D eigenvalue weighted by Crippen LogP contribution is -2.22. The third-order valence-corrected chi connectivity index (χ3v) is 3.51. The van der Waals surface area contributed by atoms with Crippen LogP contribution < -0.4 is 0 Å². The Kier molecular flexibility index (Phi) is 6.80. The number of alkyl halides is 1. The molecule has 1 unspecified atom stereocenters. The summed E-state index contributed by atoms with van der Waals surface area (Å²) in [5.74, 6) is 0.590. The van der Waals surface area contributed by atoms with Gasteiger partial charge in [0.05, 0.1) is 5.60 Å². The Hall–Kier alpha value is 0.250. The molecular formula is C12H25ClO. The molecule has 0 aromatic carbocycles. The zero-order chi connectivity index (χ0) is 11.2. The first-order chi connectivity index (χ1) is 6.39. The van der Waals surface area contributed by atoms with Gasteiger partial charge in [0.15, 0.2) is 0 Å². The minimum absolute atomic E-state index is 0.0274. The first-order valence-corrected chi connectivity index (χ1v) is 6.02. The molecule has 0 radical (unpaired) electrons. The van der Waals surface area contributed by atoms with Crippen LogP contribution in [-0.2, 0) is 4.74 Å². The minimum Gasteiger partial charge on any atom is -0.379 e. The molecule has 14 heavy (non-hydrogen) atoms. The van der Waals surface area contributed by atoms with E-state index in [-0.39, 0.29) is 5.60 Å². The van der Waals surface area contributed by atoms with Gasteiger partial charge in [0.25, 0.3) is 0 Å². The number of hydrogen-bond acceptors (Lipinski definition) is 1. The lowest BCUT2D eigenvalue weighted by Gasteiger charge is -2.23. The SMILES string of the molecule is COC(C)(C)CCCCC(Cl)C(C)C. The van der Waals surface area contributed by atoms with Gasteiger partial charge >= 0.3 is 0 Å². The van der Waals surface area contributed by atoms with Crippen molar-refractivity contribution in [2.45, 2.75) is 64.4 Å². The summed E-state index contributed by atoms with van der Waals surface area (Å²) in [6.07, 6.45) is 4.65. The zero-order valence-electron chi connectivity index (χ0n) is 10.3. The van der Waals surface area contributed by atoms with Crippen LogP contribution in [0.1, 0.15) is 53.4 Å². The monoisotopic (exact) mass is 220 g/mol. The fraction of sp³-hybridized carbons (Fsp3) is 1.00. The van der Waals surface area contributed by atoms with Gasteiger partial charge in [0.1, 0.15) is 0 Å². The predicted molar refractivity (Wildman–Crippen MR) is 64.0 cm³/mol. The molecule has 0 saturated heterocycles. The van der Waals surface area contributed by atoms with E-state index < -0.39 is 0 Å². The lowest BCUT2D eigenvalue weighted by molar-refractivity contribution is 0.0134. The van der Waals surface area contributed by atoms with Crippen molar-refractivity contribution in [3.8, 4) is 0 Å². The van der Waals surface area contributed by atoms with Crippen LogP contribution in [0.2, 0.25) is 0 Å². The van der Waals surface area contributed by atoms with Crippen LogP contribution in [0, 0.1) is 5.92 Å². The molecule has 0 aliphatic rings. The molecule has 0 rings (SSSR count). The number of rotatable bonds is 7. The molecule has 0 aliphatic carbocycles. The van der Waals surface area contributed by atoms with Gasteiger partial charge in [0.2, 0.25) is 0 Å². The highest BCUT2D eigenvalue weighted by molar-refractivity contribution is 6.20. The van der Waals surface area contributed by atoms with Crippen molar-refractivity contribution in [1.29, 1.82) is 0 Å². The van der Waals surface area contributed by atoms with Crippen molar-refractivity contribution < 1.29 is 4.74 Å². The van der Waals surface area contributed by atoms with Crippen LogP contribution >= 0.6 is 11.6 Å². The summed E-state index contributed by atoms with van der Waals surface area (Å²) in [4.78, 5) is 0. The molecule has 1 nitrogen and oxygen atoms in total. The summed E-state index contributed by atoms with van der Waals surface area (Å²) in [7, 11) is 1.78. The molecule has 0 N–H and O–H groups in total. The van der Waals surface area contributed by atoms with Crippen molar-refractivity contribution in [3.63, 3.8) is 0 Å². The third kappa shape index (κ3) is 6.67. The highest BCUT2D eigenvalue weighted by atomic mass is 35.5. The molecule has 0 bridgehead atoms. The molecular weight excluding hydrogens is 196 g/mol. The molecule has 0 saturated carbocycles. The van der Waals surface area contributed by atoms with Crippen LogP contribution in [0.15, 0.2) is 0 Å². The summed E-state index contributed by atoms with van der Waals surface area (Å²) in [6, 6.07) is 0. The Morgan fingerprint density at radius 2 is 1.79 bits per heavy atom. The van der Waals surface area contributed by atoms with Crippen molar-refractivity contribution in [2.75, 3.05) is 7.11 Å². The highest BCUT2D eigenvalue weighted by Crippen LogP contribution is 2.21. The third-order valence-electron chi connectivity index (χ3n) is 2.78. The topological polar surface area (TPSA) is 9.23 Å². The van der Waals surface area contributed by atoms with Gasteiger partial charge < -0.3 is 4.74 Å². The van der Waals surface area contributed by atoms with Gasteiger partial charge in [-0.3, -0.25) is 0 Å². The zero-order valence-corrected chi connectivity index (χ0v) is 11.0. The molecule has 0 fully saturated rings. The van der Waals surface area contributed by atoms with E-state index >= 15 is 0 Å². The molecule has 1 atom stereocenters. The standard InChI is InChI=1S/C12H25ClO/c1-10(2)11(13)8-6-7-9-12(3,4)14-5/h10-11H,6-9H2,1-5H3. The van der Waals surface area contributed by atoms with Crippen LogP contribution in [0.4, 0.5) is 0 Å². The number of methoxy groups -OCH3 is 1. The van der Waals surface area contributed by atoms with Crippen molar-refractivity contribution in [3.05, 3.63) is 0 Å². The molecule has 0 aromatic heterocycles. The van der Waals surface area contributed by atoms with Crippen molar-refractivity contribution in [2.24, 2.45) is 5.92 Å². The van der Waals surface area contributed by atoms with E-state index in [9.17, 15) is 0 Å². The van der Waals surface area contributed by atoms with Crippen LogP contribution in [0.25, 0.3) is 0 Å². The van der Waals surface area contributed by atoms with E-state index in [4.69, 9.17) is 16.3 Å². The molecule has 0 spiro atoms. The summed E-state index contributed by atoms with van der Waals surface area (Å²) < 4.78 is 5.36. The van der Waals surface area contributed by atoms with E-state index in [1.54, 1.807) is 7.11 Å². The van der Waals surface area contributed by atoms with Gasteiger partial charge in [-0.2, -0.15) is 0 Å². The van der Waals surface area contributed by atoms with E-state index in [0.717, 1.165) is 12.8 Å². The average Bonchev–Trinajstić information content (AvgIpc) is 2.12. The average molecular weight is 221 g/mol.